The number of hydrogen-bond donors (Lipinski definition) is 2. The molecule has 1 rings (SSSR count). The van der Waals surface area contributed by atoms with Gasteiger partial charge in [0.2, 0.25) is 10.0 Å². The topological polar surface area (TPSA) is 99.2 Å². The number of rotatable bonds is 6. The van der Waals surface area contributed by atoms with Crippen molar-refractivity contribution < 1.29 is 8.42 Å². The Labute approximate surface area is 113 Å². The van der Waals surface area contributed by atoms with Crippen LogP contribution < -0.4 is 15.4 Å². The summed E-state index contributed by atoms with van der Waals surface area (Å²) in [5.74, 6) is 0. The van der Waals surface area contributed by atoms with Crippen molar-refractivity contribution in [1.82, 2.24) is 4.72 Å². The molecule has 104 valence electrons. The summed E-state index contributed by atoms with van der Waals surface area (Å²) in [6.07, 6.45) is 0.331. The van der Waals surface area contributed by atoms with E-state index in [1.165, 1.54) is 13.1 Å². The van der Waals surface area contributed by atoms with Crippen molar-refractivity contribution in [2.24, 2.45) is 0 Å². The van der Waals surface area contributed by atoms with Crippen molar-refractivity contribution in [2.45, 2.75) is 18.2 Å². The second kappa shape index (κ2) is 6.41. The Bertz CT molecular complexity index is 578. The van der Waals surface area contributed by atoms with Crippen LogP contribution in [0.5, 0.6) is 0 Å². The van der Waals surface area contributed by atoms with Gasteiger partial charge in [0.15, 0.2) is 0 Å². The number of nitrogen functional groups attached to an aromatic ring is 1. The summed E-state index contributed by atoms with van der Waals surface area (Å²) in [7, 11) is -2.23. The lowest BCUT2D eigenvalue weighted by atomic mass is 10.2. The van der Waals surface area contributed by atoms with Crippen LogP contribution in [0.3, 0.4) is 0 Å². The first kappa shape index (κ1) is 15.3. The van der Waals surface area contributed by atoms with Crippen molar-refractivity contribution in [3.05, 3.63) is 18.2 Å². The zero-order chi connectivity index (χ0) is 14.5. The molecule has 19 heavy (non-hydrogen) atoms. The van der Waals surface area contributed by atoms with Gasteiger partial charge in [-0.1, -0.05) is 0 Å². The van der Waals surface area contributed by atoms with Gasteiger partial charge in [0.1, 0.15) is 4.90 Å². The molecule has 0 spiro atoms. The van der Waals surface area contributed by atoms with E-state index in [4.69, 9.17) is 11.0 Å². The number of nitrogens with one attached hydrogen (secondary N) is 1. The molecule has 0 aliphatic rings. The normalized spacial score (nSPS) is 11.0. The minimum Gasteiger partial charge on any atom is -0.399 e. The van der Waals surface area contributed by atoms with Gasteiger partial charge in [-0.2, -0.15) is 5.26 Å². The van der Waals surface area contributed by atoms with E-state index in [1.54, 1.807) is 12.1 Å². The minimum absolute atomic E-state index is 0.134. The van der Waals surface area contributed by atoms with E-state index in [-0.39, 0.29) is 4.90 Å². The molecule has 0 fully saturated rings. The monoisotopic (exact) mass is 282 g/mol. The molecule has 0 radical (unpaired) electrons. The average Bonchev–Trinajstić information content (AvgIpc) is 2.40. The number of nitrogens with zero attached hydrogens (tertiary/aromatic N) is 2. The summed E-state index contributed by atoms with van der Waals surface area (Å²) in [5, 5.41) is 8.65. The van der Waals surface area contributed by atoms with Crippen LogP contribution in [0.2, 0.25) is 0 Å². The van der Waals surface area contributed by atoms with Gasteiger partial charge in [-0.3, -0.25) is 0 Å². The highest BCUT2D eigenvalue weighted by atomic mass is 32.2. The maximum absolute atomic E-state index is 12.0. The van der Waals surface area contributed by atoms with Crippen LogP contribution in [0.15, 0.2) is 23.1 Å². The Morgan fingerprint density at radius 1 is 1.47 bits per heavy atom. The molecule has 0 aromatic heterocycles. The summed E-state index contributed by atoms with van der Waals surface area (Å²) < 4.78 is 26.3. The molecule has 0 atom stereocenters. The maximum Gasteiger partial charge on any atom is 0.242 e. The molecule has 0 heterocycles. The Kier molecular flexibility index (Phi) is 5.15. The summed E-state index contributed by atoms with van der Waals surface area (Å²) >= 11 is 0. The molecule has 0 bridgehead atoms. The highest BCUT2D eigenvalue weighted by molar-refractivity contribution is 7.89. The summed E-state index contributed by atoms with van der Waals surface area (Å²) in [6.45, 7) is 2.99. The molecular formula is C12H18N4O2S. The van der Waals surface area contributed by atoms with Crippen molar-refractivity contribution >= 4 is 21.4 Å². The van der Waals surface area contributed by atoms with Crippen molar-refractivity contribution in [3.63, 3.8) is 0 Å². The van der Waals surface area contributed by atoms with E-state index in [9.17, 15) is 8.42 Å². The number of anilines is 2. The molecule has 0 saturated carbocycles. The SMILES string of the molecule is CCN(CCC#N)c1ccc(N)cc1S(=O)(=O)NC. The molecule has 0 amide bonds. The predicted molar refractivity (Wildman–Crippen MR) is 75.2 cm³/mol. The van der Waals surface area contributed by atoms with Crippen LogP contribution in [0.25, 0.3) is 0 Å². The van der Waals surface area contributed by atoms with Crippen LogP contribution in [0.1, 0.15) is 13.3 Å². The largest absolute Gasteiger partial charge is 0.399 e. The van der Waals surface area contributed by atoms with Gasteiger partial charge < -0.3 is 10.6 Å². The van der Waals surface area contributed by atoms with Crippen LogP contribution in [-0.4, -0.2) is 28.6 Å². The molecular weight excluding hydrogens is 264 g/mol. The van der Waals surface area contributed by atoms with Crippen molar-refractivity contribution in [3.8, 4) is 6.07 Å². The molecule has 0 aliphatic carbocycles. The van der Waals surface area contributed by atoms with Crippen LogP contribution in [0.4, 0.5) is 11.4 Å². The van der Waals surface area contributed by atoms with E-state index in [1.807, 2.05) is 11.8 Å². The third-order valence-corrected chi connectivity index (χ3v) is 4.20. The van der Waals surface area contributed by atoms with Crippen LogP contribution in [-0.2, 0) is 10.0 Å². The average molecular weight is 282 g/mol. The fourth-order valence-corrected chi connectivity index (χ4v) is 2.73. The van der Waals surface area contributed by atoms with Gasteiger partial charge in [0, 0.05) is 18.8 Å². The van der Waals surface area contributed by atoms with E-state index in [0.29, 0.717) is 30.9 Å². The van der Waals surface area contributed by atoms with Crippen LogP contribution in [0, 0.1) is 11.3 Å². The quantitative estimate of drug-likeness (QED) is 0.756. The first-order valence-electron chi connectivity index (χ1n) is 5.91. The zero-order valence-corrected chi connectivity index (χ0v) is 11.9. The lowest BCUT2D eigenvalue weighted by Gasteiger charge is -2.24. The van der Waals surface area contributed by atoms with Gasteiger partial charge in [-0.15, -0.1) is 0 Å². The van der Waals surface area contributed by atoms with E-state index >= 15 is 0 Å². The van der Waals surface area contributed by atoms with Gasteiger partial charge >= 0.3 is 0 Å². The Hall–Kier alpha value is -1.78. The first-order valence-corrected chi connectivity index (χ1v) is 7.39. The lowest BCUT2D eigenvalue weighted by Crippen LogP contribution is -2.28. The molecule has 3 N–H and O–H groups in total. The Morgan fingerprint density at radius 2 is 2.16 bits per heavy atom. The second-order valence-corrected chi connectivity index (χ2v) is 5.78. The Morgan fingerprint density at radius 3 is 2.68 bits per heavy atom. The molecule has 0 saturated heterocycles. The highest BCUT2D eigenvalue weighted by Crippen LogP contribution is 2.27. The van der Waals surface area contributed by atoms with Crippen LogP contribution >= 0.6 is 0 Å². The fraction of sp³-hybridized carbons (Fsp3) is 0.417. The Balaban J connectivity index is 3.31. The summed E-state index contributed by atoms with van der Waals surface area (Å²) in [4.78, 5) is 1.97. The van der Waals surface area contributed by atoms with Gasteiger partial charge in [-0.05, 0) is 32.2 Å². The fourth-order valence-electron chi connectivity index (χ4n) is 1.75. The predicted octanol–water partition coefficient (Wildman–Crippen LogP) is 0.917. The second-order valence-electron chi connectivity index (χ2n) is 3.92. The number of nitrogens with two attached hydrogens (primary N) is 1. The van der Waals surface area contributed by atoms with Crippen molar-refractivity contribution in [1.29, 1.82) is 5.26 Å². The number of sulfonamides is 1. The third-order valence-electron chi connectivity index (χ3n) is 2.76. The molecule has 0 aliphatic heterocycles. The molecule has 7 heteroatoms. The standard InChI is InChI=1S/C12H18N4O2S/c1-3-16(8-4-7-13)11-6-5-10(14)9-12(11)19(17,18)15-2/h5-6,9,15H,3-4,8,14H2,1-2H3. The minimum atomic E-state index is -3.59. The van der Waals surface area contributed by atoms with Crippen molar-refractivity contribution in [2.75, 3.05) is 30.8 Å². The molecule has 6 nitrogen and oxygen atoms in total. The lowest BCUT2D eigenvalue weighted by molar-refractivity contribution is 0.588. The van der Waals surface area contributed by atoms with E-state index in [0.717, 1.165) is 0 Å². The molecule has 1 aromatic rings. The van der Waals surface area contributed by atoms with E-state index < -0.39 is 10.0 Å². The zero-order valence-electron chi connectivity index (χ0n) is 11.0. The van der Waals surface area contributed by atoms with Gasteiger partial charge in [0.25, 0.3) is 0 Å². The molecule has 1 aromatic carbocycles. The van der Waals surface area contributed by atoms with E-state index in [2.05, 4.69) is 10.8 Å². The first-order chi connectivity index (χ1) is 8.96. The summed E-state index contributed by atoms with van der Waals surface area (Å²) in [5.41, 5.74) is 6.60. The third kappa shape index (κ3) is 3.59. The highest BCUT2D eigenvalue weighted by Gasteiger charge is 2.20. The number of hydrogen-bond acceptors (Lipinski definition) is 5. The maximum atomic E-state index is 12.0. The smallest absolute Gasteiger partial charge is 0.242 e. The number of nitriles is 1. The summed E-state index contributed by atoms with van der Waals surface area (Å²) in [6, 6.07) is 6.80. The van der Waals surface area contributed by atoms with Gasteiger partial charge in [-0.25, -0.2) is 13.1 Å². The molecule has 0 unspecified atom stereocenters. The van der Waals surface area contributed by atoms with Gasteiger partial charge in [0.05, 0.1) is 18.2 Å². The number of benzene rings is 1.